The van der Waals surface area contributed by atoms with Crippen molar-refractivity contribution in [2.75, 3.05) is 4.72 Å². The molecule has 0 saturated carbocycles. The Morgan fingerprint density at radius 3 is 2.55 bits per heavy atom. The van der Waals surface area contributed by atoms with Crippen molar-refractivity contribution in [1.29, 1.82) is 0 Å². The number of rotatable bonds is 5. The Morgan fingerprint density at radius 2 is 1.81 bits per heavy atom. The van der Waals surface area contributed by atoms with Gasteiger partial charge >= 0.3 is 0 Å². The Kier molecular flexibility index (Phi) is 5.01. The quantitative estimate of drug-likeness (QED) is 0.417. The highest BCUT2D eigenvalue weighted by atomic mass is 32.2. The first-order valence-corrected chi connectivity index (χ1v) is 12.4. The lowest BCUT2D eigenvalue weighted by Crippen LogP contribution is -2.12. The maximum Gasteiger partial charge on any atom is 0.263 e. The Labute approximate surface area is 187 Å². The molecule has 0 fully saturated rings. The van der Waals surface area contributed by atoms with Gasteiger partial charge in [0.15, 0.2) is 5.13 Å². The zero-order valence-corrected chi connectivity index (χ0v) is 18.4. The van der Waals surface area contributed by atoms with Crippen LogP contribution in [0.3, 0.4) is 0 Å². The lowest BCUT2D eigenvalue weighted by atomic mass is 10.1. The van der Waals surface area contributed by atoms with Crippen LogP contribution in [0.15, 0.2) is 93.1 Å². The molecule has 5 rings (SSSR count). The highest BCUT2D eigenvalue weighted by molar-refractivity contribution is 8.04. The normalized spacial score (nSPS) is 14.7. The second kappa shape index (κ2) is 7.84. The fraction of sp³-hybridized carbons (Fsp3) is 0. The van der Waals surface area contributed by atoms with Gasteiger partial charge in [-0.15, -0.1) is 11.3 Å². The highest BCUT2D eigenvalue weighted by Crippen LogP contribution is 2.40. The number of carbonyl (C=O) groups excluding carboxylic acids is 1. The third kappa shape index (κ3) is 3.83. The molecule has 0 atom stereocenters. The summed E-state index contributed by atoms with van der Waals surface area (Å²) >= 11 is 2.68. The number of thioether (sulfide) groups is 1. The van der Waals surface area contributed by atoms with Crippen molar-refractivity contribution in [3.8, 4) is 5.69 Å². The van der Waals surface area contributed by atoms with Crippen LogP contribution in [0.5, 0.6) is 0 Å². The number of nitrogens with one attached hydrogen (secondary N) is 1. The molecule has 1 N–H and O–H groups in total. The van der Waals surface area contributed by atoms with E-state index in [0.717, 1.165) is 21.8 Å². The number of anilines is 1. The van der Waals surface area contributed by atoms with E-state index < -0.39 is 10.0 Å². The summed E-state index contributed by atoms with van der Waals surface area (Å²) in [5.74, 6) is 0.0167. The zero-order chi connectivity index (χ0) is 21.4. The van der Waals surface area contributed by atoms with Crippen LogP contribution in [-0.4, -0.2) is 23.8 Å². The van der Waals surface area contributed by atoms with E-state index in [1.165, 1.54) is 23.1 Å². The van der Waals surface area contributed by atoms with Crippen LogP contribution < -0.4 is 4.72 Å². The van der Waals surface area contributed by atoms with E-state index in [0.29, 0.717) is 10.0 Å². The van der Waals surface area contributed by atoms with Crippen LogP contribution >= 0.6 is 23.1 Å². The summed E-state index contributed by atoms with van der Waals surface area (Å²) in [4.78, 5) is 18.4. The maximum absolute atomic E-state index is 12.7. The van der Waals surface area contributed by atoms with E-state index in [1.54, 1.807) is 35.8 Å². The lowest BCUT2D eigenvalue weighted by molar-refractivity contribution is 0.104. The molecule has 0 saturated heterocycles. The van der Waals surface area contributed by atoms with E-state index in [9.17, 15) is 13.2 Å². The molecule has 2 aromatic carbocycles. The summed E-state index contributed by atoms with van der Waals surface area (Å²) in [6, 6.07) is 17.9. The number of aromatic nitrogens is 2. The van der Waals surface area contributed by atoms with Crippen molar-refractivity contribution < 1.29 is 13.2 Å². The molecule has 2 aromatic heterocycles. The van der Waals surface area contributed by atoms with Gasteiger partial charge in [-0.1, -0.05) is 23.9 Å². The lowest BCUT2D eigenvalue weighted by Gasteiger charge is -2.09. The number of thiazole rings is 1. The molecule has 0 spiro atoms. The van der Waals surface area contributed by atoms with E-state index in [2.05, 4.69) is 9.71 Å². The fourth-order valence-electron chi connectivity index (χ4n) is 3.25. The van der Waals surface area contributed by atoms with Gasteiger partial charge in [0.05, 0.1) is 9.80 Å². The third-order valence-electron chi connectivity index (χ3n) is 4.71. The Balaban J connectivity index is 1.42. The molecular formula is C22H15N3O3S3. The summed E-state index contributed by atoms with van der Waals surface area (Å²) in [6.45, 7) is 0. The van der Waals surface area contributed by atoms with Crippen LogP contribution in [0.1, 0.15) is 16.1 Å². The standard InChI is InChI=1S/C22H15N3O3S3/c26-21-18-5-1-2-6-19(18)30-20(21)14-16-4-3-12-25(16)15-7-9-17(10-8-15)31(27,28)24-22-23-11-13-29-22/h1-14H,(H,23,24)/b20-14-. The van der Waals surface area contributed by atoms with Gasteiger partial charge in [-0.2, -0.15) is 0 Å². The molecule has 1 aliphatic heterocycles. The van der Waals surface area contributed by atoms with Crippen molar-refractivity contribution in [2.45, 2.75) is 9.79 Å². The van der Waals surface area contributed by atoms with Crippen molar-refractivity contribution in [3.05, 3.63) is 94.6 Å². The molecule has 0 amide bonds. The average Bonchev–Trinajstić information content (AvgIpc) is 3.50. The summed E-state index contributed by atoms with van der Waals surface area (Å²) < 4.78 is 29.5. The summed E-state index contributed by atoms with van der Waals surface area (Å²) in [6.07, 6.45) is 5.28. The molecule has 6 nitrogen and oxygen atoms in total. The van der Waals surface area contributed by atoms with Gasteiger partial charge in [0.25, 0.3) is 10.0 Å². The third-order valence-corrected chi connectivity index (χ3v) is 7.99. The first-order chi connectivity index (χ1) is 15.0. The van der Waals surface area contributed by atoms with Gasteiger partial charge in [-0.25, -0.2) is 13.4 Å². The molecule has 154 valence electrons. The van der Waals surface area contributed by atoms with Gasteiger partial charge in [-0.05, 0) is 54.6 Å². The molecule has 9 heteroatoms. The number of allylic oxidation sites excluding steroid dienone is 1. The van der Waals surface area contributed by atoms with Crippen LogP contribution in [0.4, 0.5) is 5.13 Å². The maximum atomic E-state index is 12.7. The number of fused-ring (bicyclic) bond motifs is 1. The molecule has 31 heavy (non-hydrogen) atoms. The molecular weight excluding hydrogens is 450 g/mol. The smallest absolute Gasteiger partial charge is 0.263 e. The van der Waals surface area contributed by atoms with Crippen molar-refractivity contribution in [3.63, 3.8) is 0 Å². The van der Waals surface area contributed by atoms with E-state index in [-0.39, 0.29) is 10.7 Å². The van der Waals surface area contributed by atoms with Crippen molar-refractivity contribution in [1.82, 2.24) is 9.55 Å². The van der Waals surface area contributed by atoms with Crippen LogP contribution in [0.2, 0.25) is 0 Å². The number of nitrogens with zero attached hydrogens (tertiary/aromatic N) is 2. The molecule has 0 unspecified atom stereocenters. The molecule has 4 aromatic rings. The number of hydrogen-bond donors (Lipinski definition) is 1. The molecule has 1 aliphatic rings. The minimum atomic E-state index is -3.71. The van der Waals surface area contributed by atoms with Gasteiger partial charge in [-0.3, -0.25) is 9.52 Å². The number of hydrogen-bond acceptors (Lipinski definition) is 6. The second-order valence-corrected chi connectivity index (χ2v) is 10.3. The van der Waals surface area contributed by atoms with Crippen LogP contribution in [-0.2, 0) is 10.0 Å². The Morgan fingerprint density at radius 1 is 1.00 bits per heavy atom. The molecule has 3 heterocycles. The minimum Gasteiger partial charge on any atom is -0.317 e. The Bertz CT molecular complexity index is 1400. The van der Waals surface area contributed by atoms with E-state index in [1.807, 2.05) is 53.2 Å². The van der Waals surface area contributed by atoms with Gasteiger partial charge in [0, 0.05) is 39.6 Å². The number of sulfonamides is 1. The largest absolute Gasteiger partial charge is 0.317 e. The summed E-state index contributed by atoms with van der Waals surface area (Å²) in [5.41, 5.74) is 2.34. The fourth-order valence-corrected chi connectivity index (χ4v) is 6.08. The predicted molar refractivity (Wildman–Crippen MR) is 123 cm³/mol. The monoisotopic (exact) mass is 465 g/mol. The average molecular weight is 466 g/mol. The van der Waals surface area contributed by atoms with Gasteiger partial charge < -0.3 is 4.57 Å². The first-order valence-electron chi connectivity index (χ1n) is 9.25. The minimum absolute atomic E-state index is 0.0167. The number of benzene rings is 2. The van der Waals surface area contributed by atoms with E-state index in [4.69, 9.17) is 0 Å². The predicted octanol–water partition coefficient (Wildman–Crippen LogP) is 5.06. The highest BCUT2D eigenvalue weighted by Gasteiger charge is 2.25. The van der Waals surface area contributed by atoms with E-state index >= 15 is 0 Å². The first kappa shape index (κ1) is 19.8. The summed E-state index contributed by atoms with van der Waals surface area (Å²) in [5, 5.41) is 2.03. The van der Waals surface area contributed by atoms with Gasteiger partial charge in [0.2, 0.25) is 5.78 Å². The molecule has 0 radical (unpaired) electrons. The SMILES string of the molecule is O=C1/C(=C/c2cccn2-c2ccc(S(=O)(=O)Nc3nccs3)cc2)Sc2ccccc21. The topological polar surface area (TPSA) is 81.1 Å². The van der Waals surface area contributed by atoms with Crippen molar-refractivity contribution in [2.24, 2.45) is 0 Å². The molecule has 0 aliphatic carbocycles. The summed E-state index contributed by atoms with van der Waals surface area (Å²) in [7, 11) is -3.71. The van der Waals surface area contributed by atoms with Crippen LogP contribution in [0.25, 0.3) is 11.8 Å². The zero-order valence-electron chi connectivity index (χ0n) is 15.9. The van der Waals surface area contributed by atoms with Gasteiger partial charge in [0.1, 0.15) is 0 Å². The van der Waals surface area contributed by atoms with Crippen LogP contribution in [0, 0.1) is 0 Å². The van der Waals surface area contributed by atoms with Crippen molar-refractivity contribution >= 4 is 50.1 Å². The second-order valence-electron chi connectivity index (χ2n) is 6.68. The number of ketones is 1. The number of Topliss-reactive ketones (excluding diaryl/α,β-unsaturated/α-hetero) is 1. The Hall–Kier alpha value is -3.14. The molecule has 0 bridgehead atoms. The number of carbonyl (C=O) groups is 1.